The second kappa shape index (κ2) is 5.67. The summed E-state index contributed by atoms with van der Waals surface area (Å²) in [5, 5.41) is 0. The van der Waals surface area contributed by atoms with Gasteiger partial charge in [0.05, 0.1) is 7.11 Å². The molecular weight excluding hydrogens is 212 g/mol. The van der Waals surface area contributed by atoms with Crippen molar-refractivity contribution >= 4 is 5.97 Å². The van der Waals surface area contributed by atoms with Gasteiger partial charge in [-0.25, -0.2) is 4.79 Å². The quantitative estimate of drug-likeness (QED) is 0.574. The van der Waals surface area contributed by atoms with Crippen molar-refractivity contribution in [1.29, 1.82) is 0 Å². The lowest BCUT2D eigenvalue weighted by atomic mass is 9.81. The van der Waals surface area contributed by atoms with E-state index in [2.05, 4.69) is 35.1 Å². The van der Waals surface area contributed by atoms with Gasteiger partial charge in [0, 0.05) is 6.08 Å². The summed E-state index contributed by atoms with van der Waals surface area (Å²) in [6, 6.07) is 10.6. The highest BCUT2D eigenvalue weighted by Gasteiger charge is 2.18. The molecule has 0 radical (unpaired) electrons. The van der Waals surface area contributed by atoms with E-state index in [1.54, 1.807) is 6.08 Å². The minimum absolute atomic E-state index is 0.224. The summed E-state index contributed by atoms with van der Waals surface area (Å²) in [5.74, 6) is 0.421. The minimum atomic E-state index is -0.224. The van der Waals surface area contributed by atoms with Gasteiger partial charge in [-0.05, 0) is 37.2 Å². The highest BCUT2D eigenvalue weighted by molar-refractivity contribution is 5.82. The van der Waals surface area contributed by atoms with Crippen LogP contribution in [0.4, 0.5) is 0 Å². The molecule has 2 rings (SSSR count). The van der Waals surface area contributed by atoms with Gasteiger partial charge >= 0.3 is 5.97 Å². The molecule has 0 unspecified atom stereocenters. The molecule has 1 aromatic rings. The van der Waals surface area contributed by atoms with Gasteiger partial charge in [0.15, 0.2) is 0 Å². The van der Waals surface area contributed by atoms with Crippen LogP contribution >= 0.6 is 0 Å². The fourth-order valence-electron chi connectivity index (χ4n) is 2.42. The summed E-state index contributed by atoms with van der Waals surface area (Å²) in [5.41, 5.74) is 2.65. The minimum Gasteiger partial charge on any atom is -0.466 e. The standard InChI is InChI=1S/C15H18O2/c1-17-15(16)11-12-7-9-14(10-8-12)13-5-3-2-4-6-13/h2-6,11,14H,7-10H2,1H3. The molecule has 0 saturated heterocycles. The Morgan fingerprint density at radius 3 is 2.47 bits per heavy atom. The maximum absolute atomic E-state index is 11.1. The van der Waals surface area contributed by atoms with E-state index in [0.29, 0.717) is 5.92 Å². The number of esters is 1. The predicted molar refractivity (Wildman–Crippen MR) is 67.8 cm³/mol. The van der Waals surface area contributed by atoms with Crippen molar-refractivity contribution in [2.45, 2.75) is 31.6 Å². The van der Waals surface area contributed by atoms with Crippen molar-refractivity contribution < 1.29 is 9.53 Å². The highest BCUT2D eigenvalue weighted by atomic mass is 16.5. The lowest BCUT2D eigenvalue weighted by Gasteiger charge is -2.24. The van der Waals surface area contributed by atoms with E-state index in [1.165, 1.54) is 18.2 Å². The van der Waals surface area contributed by atoms with Crippen molar-refractivity contribution in [1.82, 2.24) is 0 Å². The Labute approximate surface area is 102 Å². The first-order valence-corrected chi connectivity index (χ1v) is 6.12. The first-order chi connectivity index (χ1) is 8.29. The van der Waals surface area contributed by atoms with Crippen LogP contribution in [0.3, 0.4) is 0 Å². The van der Waals surface area contributed by atoms with E-state index in [4.69, 9.17) is 0 Å². The summed E-state index contributed by atoms with van der Waals surface area (Å²) in [6.45, 7) is 0. The Morgan fingerprint density at radius 1 is 1.24 bits per heavy atom. The van der Waals surface area contributed by atoms with Crippen molar-refractivity contribution in [3.8, 4) is 0 Å². The van der Waals surface area contributed by atoms with Crippen molar-refractivity contribution in [3.05, 3.63) is 47.5 Å². The number of rotatable bonds is 2. The van der Waals surface area contributed by atoms with E-state index < -0.39 is 0 Å². The molecule has 0 N–H and O–H groups in total. The molecule has 0 spiro atoms. The van der Waals surface area contributed by atoms with Crippen LogP contribution in [0.25, 0.3) is 0 Å². The van der Waals surface area contributed by atoms with E-state index in [9.17, 15) is 4.79 Å². The first kappa shape index (κ1) is 11.9. The first-order valence-electron chi connectivity index (χ1n) is 6.12. The van der Waals surface area contributed by atoms with Crippen molar-refractivity contribution in [2.75, 3.05) is 7.11 Å². The van der Waals surface area contributed by atoms with Crippen LogP contribution in [0.2, 0.25) is 0 Å². The number of hydrogen-bond donors (Lipinski definition) is 0. The number of allylic oxidation sites excluding steroid dienone is 1. The van der Waals surface area contributed by atoms with E-state index >= 15 is 0 Å². The van der Waals surface area contributed by atoms with Gasteiger partial charge in [0.2, 0.25) is 0 Å². The number of ether oxygens (including phenoxy) is 1. The smallest absolute Gasteiger partial charge is 0.330 e. The molecule has 1 aliphatic carbocycles. The molecule has 0 aromatic heterocycles. The predicted octanol–water partition coefficient (Wildman–Crippen LogP) is 3.44. The molecule has 1 saturated carbocycles. The zero-order valence-electron chi connectivity index (χ0n) is 10.2. The SMILES string of the molecule is COC(=O)C=C1CCC(c2ccccc2)CC1. The average molecular weight is 230 g/mol. The lowest BCUT2D eigenvalue weighted by molar-refractivity contribution is -0.134. The van der Waals surface area contributed by atoms with Crippen molar-refractivity contribution in [2.24, 2.45) is 0 Å². The largest absolute Gasteiger partial charge is 0.466 e. The zero-order valence-corrected chi connectivity index (χ0v) is 10.2. The number of carbonyl (C=O) groups is 1. The maximum Gasteiger partial charge on any atom is 0.330 e. The molecule has 2 nitrogen and oxygen atoms in total. The van der Waals surface area contributed by atoms with E-state index in [0.717, 1.165) is 25.7 Å². The average Bonchev–Trinajstić information content (AvgIpc) is 2.40. The Balaban J connectivity index is 1.95. The van der Waals surface area contributed by atoms with Gasteiger partial charge in [-0.2, -0.15) is 0 Å². The lowest BCUT2D eigenvalue weighted by Crippen LogP contribution is -2.08. The van der Waals surface area contributed by atoms with Crippen LogP contribution in [0, 0.1) is 0 Å². The van der Waals surface area contributed by atoms with Gasteiger partial charge in [0.1, 0.15) is 0 Å². The molecule has 1 aliphatic rings. The number of methoxy groups -OCH3 is 1. The monoisotopic (exact) mass is 230 g/mol. The second-order valence-corrected chi connectivity index (χ2v) is 4.51. The fourth-order valence-corrected chi connectivity index (χ4v) is 2.42. The Bertz CT molecular complexity index is 396. The van der Waals surface area contributed by atoms with Crippen molar-refractivity contribution in [3.63, 3.8) is 0 Å². The summed E-state index contributed by atoms with van der Waals surface area (Å²) in [6.07, 6.45) is 5.93. The van der Waals surface area contributed by atoms with Crippen LogP contribution in [0.15, 0.2) is 42.0 Å². The molecule has 0 bridgehead atoms. The second-order valence-electron chi connectivity index (χ2n) is 4.51. The third kappa shape index (κ3) is 3.19. The number of hydrogen-bond acceptors (Lipinski definition) is 2. The van der Waals surface area contributed by atoms with Crippen LogP contribution in [-0.2, 0) is 9.53 Å². The molecule has 0 amide bonds. The topological polar surface area (TPSA) is 26.3 Å². The van der Waals surface area contributed by atoms with Gasteiger partial charge < -0.3 is 4.74 Å². The fraction of sp³-hybridized carbons (Fsp3) is 0.400. The third-order valence-electron chi connectivity index (χ3n) is 3.42. The molecule has 1 fully saturated rings. The molecule has 0 heterocycles. The Morgan fingerprint density at radius 2 is 1.88 bits per heavy atom. The summed E-state index contributed by atoms with van der Waals surface area (Å²) >= 11 is 0. The van der Waals surface area contributed by atoms with Gasteiger partial charge in [-0.15, -0.1) is 0 Å². The van der Waals surface area contributed by atoms with Gasteiger partial charge in [-0.1, -0.05) is 35.9 Å². The molecule has 0 atom stereocenters. The third-order valence-corrected chi connectivity index (χ3v) is 3.42. The van der Waals surface area contributed by atoms with Gasteiger partial charge in [-0.3, -0.25) is 0 Å². The van der Waals surface area contributed by atoms with Crippen LogP contribution in [0.1, 0.15) is 37.2 Å². The maximum atomic E-state index is 11.1. The zero-order chi connectivity index (χ0) is 12.1. The Kier molecular flexibility index (Phi) is 3.97. The van der Waals surface area contributed by atoms with Crippen LogP contribution in [0.5, 0.6) is 0 Å². The van der Waals surface area contributed by atoms with Crippen LogP contribution < -0.4 is 0 Å². The summed E-state index contributed by atoms with van der Waals surface area (Å²) in [4.78, 5) is 11.1. The molecule has 17 heavy (non-hydrogen) atoms. The summed E-state index contributed by atoms with van der Waals surface area (Å²) < 4.78 is 4.65. The molecule has 90 valence electrons. The highest BCUT2D eigenvalue weighted by Crippen LogP contribution is 2.35. The summed E-state index contributed by atoms with van der Waals surface area (Å²) in [7, 11) is 1.43. The molecule has 2 heteroatoms. The van der Waals surface area contributed by atoms with Crippen LogP contribution in [-0.4, -0.2) is 13.1 Å². The van der Waals surface area contributed by atoms with E-state index in [-0.39, 0.29) is 5.97 Å². The molecule has 0 aliphatic heterocycles. The van der Waals surface area contributed by atoms with E-state index in [1.807, 2.05) is 0 Å². The molecule has 1 aromatic carbocycles. The number of carbonyl (C=O) groups excluding carboxylic acids is 1. The molecular formula is C15H18O2. The number of benzene rings is 1. The van der Waals surface area contributed by atoms with Gasteiger partial charge in [0.25, 0.3) is 0 Å². The Hall–Kier alpha value is -1.57. The normalized spacial score (nSPS) is 19.8.